The maximum absolute atomic E-state index is 5.41. The maximum Gasteiger partial charge on any atom is 0.0647 e. The first kappa shape index (κ1) is 9.73. The molecule has 4 heteroatoms. The lowest BCUT2D eigenvalue weighted by Crippen LogP contribution is -2.12. The van der Waals surface area contributed by atoms with Gasteiger partial charge in [-0.1, -0.05) is 0 Å². The van der Waals surface area contributed by atoms with Crippen molar-refractivity contribution in [3.05, 3.63) is 42.7 Å². The number of nitrogens with zero attached hydrogens (tertiary/aromatic N) is 2. The Balaban J connectivity index is 2.11. The molecule has 2 rings (SSSR count). The third kappa shape index (κ3) is 2.35. The average molecular weight is 202 g/mol. The Morgan fingerprint density at radius 3 is 2.67 bits per heavy atom. The van der Waals surface area contributed by atoms with Crippen molar-refractivity contribution < 1.29 is 0 Å². The number of hydrogen-bond acceptors (Lipinski definition) is 3. The van der Waals surface area contributed by atoms with Crippen LogP contribution in [-0.4, -0.2) is 22.9 Å². The fourth-order valence-electron chi connectivity index (χ4n) is 1.37. The Morgan fingerprint density at radius 1 is 1.27 bits per heavy atom. The summed E-state index contributed by atoms with van der Waals surface area (Å²) < 4.78 is 1.83. The van der Waals surface area contributed by atoms with E-state index in [1.165, 1.54) is 0 Å². The summed E-state index contributed by atoms with van der Waals surface area (Å²) in [5.74, 6) is 0. The predicted molar refractivity (Wildman–Crippen MR) is 61.1 cm³/mol. The smallest absolute Gasteiger partial charge is 0.0647 e. The molecule has 3 N–H and O–H groups in total. The molecule has 1 aromatic heterocycles. The first-order chi connectivity index (χ1) is 7.40. The van der Waals surface area contributed by atoms with Crippen molar-refractivity contribution in [1.29, 1.82) is 0 Å². The molecule has 1 heterocycles. The summed E-state index contributed by atoms with van der Waals surface area (Å²) in [5.41, 5.74) is 7.54. The highest BCUT2D eigenvalue weighted by Gasteiger charge is 1.95. The number of nitrogens with one attached hydrogen (secondary N) is 1. The third-order valence-electron chi connectivity index (χ3n) is 2.11. The van der Waals surface area contributed by atoms with Gasteiger partial charge in [0.15, 0.2) is 0 Å². The molecule has 0 saturated heterocycles. The highest BCUT2D eigenvalue weighted by atomic mass is 15.3. The van der Waals surface area contributed by atoms with Crippen molar-refractivity contribution >= 4 is 5.69 Å². The number of rotatable bonds is 4. The van der Waals surface area contributed by atoms with E-state index in [9.17, 15) is 0 Å². The van der Waals surface area contributed by atoms with Gasteiger partial charge in [-0.15, -0.1) is 0 Å². The topological polar surface area (TPSA) is 55.9 Å². The summed E-state index contributed by atoms with van der Waals surface area (Å²) in [7, 11) is 0. The van der Waals surface area contributed by atoms with Gasteiger partial charge in [-0.25, -0.2) is 4.68 Å². The summed E-state index contributed by atoms with van der Waals surface area (Å²) >= 11 is 0. The fraction of sp³-hybridized carbons (Fsp3) is 0.182. The molecule has 15 heavy (non-hydrogen) atoms. The van der Waals surface area contributed by atoms with Gasteiger partial charge in [0.05, 0.1) is 5.69 Å². The molecular weight excluding hydrogens is 188 g/mol. The first-order valence-electron chi connectivity index (χ1n) is 4.94. The van der Waals surface area contributed by atoms with Crippen molar-refractivity contribution in [2.75, 3.05) is 18.4 Å². The van der Waals surface area contributed by atoms with Crippen molar-refractivity contribution in [3.63, 3.8) is 0 Å². The molecular formula is C11H14N4. The highest BCUT2D eigenvalue weighted by Crippen LogP contribution is 2.11. The molecule has 0 aliphatic heterocycles. The second kappa shape index (κ2) is 4.61. The zero-order valence-electron chi connectivity index (χ0n) is 8.43. The lowest BCUT2D eigenvalue weighted by Gasteiger charge is -2.06. The molecule has 0 saturated carbocycles. The molecule has 0 aliphatic rings. The summed E-state index contributed by atoms with van der Waals surface area (Å²) in [6, 6.07) is 9.98. The van der Waals surface area contributed by atoms with E-state index in [1.54, 1.807) is 6.20 Å². The van der Waals surface area contributed by atoms with E-state index in [4.69, 9.17) is 5.73 Å². The Hall–Kier alpha value is -1.81. The Bertz CT molecular complexity index is 391. The lowest BCUT2D eigenvalue weighted by molar-refractivity contribution is 0.880. The zero-order valence-corrected chi connectivity index (χ0v) is 8.43. The van der Waals surface area contributed by atoms with Crippen LogP contribution in [0.3, 0.4) is 0 Å². The fourth-order valence-corrected chi connectivity index (χ4v) is 1.37. The second-order valence-electron chi connectivity index (χ2n) is 3.21. The molecule has 4 nitrogen and oxygen atoms in total. The van der Waals surface area contributed by atoms with Crippen LogP contribution in [0, 0.1) is 0 Å². The maximum atomic E-state index is 5.41. The van der Waals surface area contributed by atoms with Gasteiger partial charge in [0.2, 0.25) is 0 Å². The van der Waals surface area contributed by atoms with E-state index in [0.717, 1.165) is 17.9 Å². The second-order valence-corrected chi connectivity index (χ2v) is 3.21. The molecule has 0 spiro atoms. The first-order valence-corrected chi connectivity index (χ1v) is 4.94. The minimum Gasteiger partial charge on any atom is -0.384 e. The molecule has 0 atom stereocenters. The predicted octanol–water partition coefficient (Wildman–Crippen LogP) is 1.24. The number of nitrogens with two attached hydrogens (primary N) is 1. The number of benzene rings is 1. The Kier molecular flexibility index (Phi) is 2.99. The normalized spacial score (nSPS) is 10.2. The monoisotopic (exact) mass is 202 g/mol. The zero-order chi connectivity index (χ0) is 10.5. The molecule has 0 radical (unpaired) electrons. The van der Waals surface area contributed by atoms with Gasteiger partial charge >= 0.3 is 0 Å². The standard InChI is InChI=1S/C11H14N4/c12-6-8-13-10-2-4-11(5-3-10)15-9-1-7-14-15/h1-5,7,9,13H,6,8,12H2. The minimum absolute atomic E-state index is 0.640. The quantitative estimate of drug-likeness (QED) is 0.784. The van der Waals surface area contributed by atoms with Crippen LogP contribution < -0.4 is 11.1 Å². The van der Waals surface area contributed by atoms with Crippen molar-refractivity contribution in [3.8, 4) is 5.69 Å². The van der Waals surface area contributed by atoms with Crippen LogP contribution in [0.25, 0.3) is 5.69 Å². The molecule has 0 unspecified atom stereocenters. The average Bonchev–Trinajstić information content (AvgIpc) is 2.80. The van der Waals surface area contributed by atoms with Gasteiger partial charge in [-0.05, 0) is 30.3 Å². The summed E-state index contributed by atoms with van der Waals surface area (Å²) in [6.45, 7) is 1.43. The van der Waals surface area contributed by atoms with Gasteiger partial charge in [0.25, 0.3) is 0 Å². The van der Waals surface area contributed by atoms with Crippen molar-refractivity contribution in [1.82, 2.24) is 9.78 Å². The Labute approximate surface area is 88.7 Å². The number of aromatic nitrogens is 2. The van der Waals surface area contributed by atoms with Crippen LogP contribution in [0.15, 0.2) is 42.7 Å². The van der Waals surface area contributed by atoms with Crippen LogP contribution in [0.5, 0.6) is 0 Å². The number of hydrogen-bond donors (Lipinski definition) is 2. The van der Waals surface area contributed by atoms with Crippen LogP contribution in [0.4, 0.5) is 5.69 Å². The van der Waals surface area contributed by atoms with Gasteiger partial charge < -0.3 is 11.1 Å². The van der Waals surface area contributed by atoms with E-state index in [1.807, 2.05) is 41.2 Å². The van der Waals surface area contributed by atoms with Gasteiger partial charge in [-0.3, -0.25) is 0 Å². The van der Waals surface area contributed by atoms with Crippen LogP contribution in [0.2, 0.25) is 0 Å². The van der Waals surface area contributed by atoms with Crippen molar-refractivity contribution in [2.24, 2.45) is 5.73 Å². The lowest BCUT2D eigenvalue weighted by atomic mass is 10.3. The van der Waals surface area contributed by atoms with Crippen LogP contribution in [0.1, 0.15) is 0 Å². The molecule has 1 aromatic carbocycles. The molecule has 0 bridgehead atoms. The number of anilines is 1. The van der Waals surface area contributed by atoms with E-state index >= 15 is 0 Å². The summed E-state index contributed by atoms with van der Waals surface area (Å²) in [4.78, 5) is 0. The SMILES string of the molecule is NCCNc1ccc(-n2cccn2)cc1. The van der Waals surface area contributed by atoms with E-state index in [0.29, 0.717) is 6.54 Å². The van der Waals surface area contributed by atoms with Gasteiger partial charge in [0, 0.05) is 31.2 Å². The largest absolute Gasteiger partial charge is 0.384 e. The van der Waals surface area contributed by atoms with E-state index < -0.39 is 0 Å². The molecule has 78 valence electrons. The van der Waals surface area contributed by atoms with Gasteiger partial charge in [-0.2, -0.15) is 5.10 Å². The third-order valence-corrected chi connectivity index (χ3v) is 2.11. The van der Waals surface area contributed by atoms with Gasteiger partial charge in [0.1, 0.15) is 0 Å². The molecule has 0 amide bonds. The van der Waals surface area contributed by atoms with E-state index in [2.05, 4.69) is 10.4 Å². The van der Waals surface area contributed by atoms with Crippen LogP contribution in [-0.2, 0) is 0 Å². The summed E-state index contributed by atoms with van der Waals surface area (Å²) in [6.07, 6.45) is 3.68. The molecule has 2 aromatic rings. The van der Waals surface area contributed by atoms with Crippen molar-refractivity contribution in [2.45, 2.75) is 0 Å². The minimum atomic E-state index is 0.640. The van der Waals surface area contributed by atoms with E-state index in [-0.39, 0.29) is 0 Å². The molecule has 0 aliphatic carbocycles. The molecule has 0 fully saturated rings. The summed E-state index contributed by atoms with van der Waals surface area (Å²) in [5, 5.41) is 7.37. The van der Waals surface area contributed by atoms with Crippen LogP contribution >= 0.6 is 0 Å². The Morgan fingerprint density at radius 2 is 2.07 bits per heavy atom. The highest BCUT2D eigenvalue weighted by molar-refractivity contribution is 5.48.